The summed E-state index contributed by atoms with van der Waals surface area (Å²) in [5, 5.41) is 9.80. The van der Waals surface area contributed by atoms with Gasteiger partial charge in [0.1, 0.15) is 11.5 Å². The lowest BCUT2D eigenvalue weighted by Gasteiger charge is -2.26. The van der Waals surface area contributed by atoms with Crippen LogP contribution in [0.1, 0.15) is 26.3 Å². The Labute approximate surface area is 104 Å². The zero-order chi connectivity index (χ0) is 13.1. The van der Waals surface area contributed by atoms with E-state index >= 15 is 0 Å². The summed E-state index contributed by atoms with van der Waals surface area (Å²) in [6, 6.07) is 5.33. The molecule has 0 aliphatic rings. The van der Waals surface area contributed by atoms with Crippen LogP contribution in [0.15, 0.2) is 18.2 Å². The molecule has 3 nitrogen and oxygen atoms in total. The maximum absolute atomic E-state index is 9.80. The zero-order valence-corrected chi connectivity index (χ0v) is 11.4. The van der Waals surface area contributed by atoms with Gasteiger partial charge in [-0.1, -0.05) is 20.8 Å². The number of nitrogens with zero attached hydrogens (tertiary/aromatic N) is 1. The van der Waals surface area contributed by atoms with E-state index in [1.54, 1.807) is 19.2 Å². The Bertz CT molecular complexity index is 369. The Morgan fingerprint density at radius 3 is 2.47 bits per heavy atom. The molecule has 0 fully saturated rings. The molecule has 0 saturated heterocycles. The third kappa shape index (κ3) is 4.65. The van der Waals surface area contributed by atoms with E-state index in [4.69, 9.17) is 4.74 Å². The number of hydrogen-bond acceptors (Lipinski definition) is 3. The smallest absolute Gasteiger partial charge is 0.120 e. The SMILES string of the molecule is COc1ccc(O)c(CN(C)CC(C)(C)C)c1. The standard InChI is InChI=1S/C14H23NO2/c1-14(2,3)10-15(4)9-11-8-12(17-5)6-7-13(11)16/h6-8,16H,9-10H2,1-5H3. The Hall–Kier alpha value is -1.22. The van der Waals surface area contributed by atoms with Crippen LogP contribution in [0.2, 0.25) is 0 Å². The lowest BCUT2D eigenvalue weighted by atomic mass is 9.96. The molecule has 0 heterocycles. The third-order valence-corrected chi connectivity index (χ3v) is 2.47. The average Bonchev–Trinajstić information content (AvgIpc) is 2.18. The van der Waals surface area contributed by atoms with Gasteiger partial charge in [0.15, 0.2) is 0 Å². The third-order valence-electron chi connectivity index (χ3n) is 2.47. The molecule has 0 aliphatic carbocycles. The van der Waals surface area contributed by atoms with Gasteiger partial charge < -0.3 is 14.7 Å². The largest absolute Gasteiger partial charge is 0.508 e. The number of benzene rings is 1. The molecule has 0 aromatic heterocycles. The van der Waals surface area contributed by atoms with Crippen molar-refractivity contribution >= 4 is 0 Å². The zero-order valence-electron chi connectivity index (χ0n) is 11.4. The number of methoxy groups -OCH3 is 1. The van der Waals surface area contributed by atoms with E-state index < -0.39 is 0 Å². The summed E-state index contributed by atoms with van der Waals surface area (Å²) in [5.74, 6) is 1.11. The van der Waals surface area contributed by atoms with Gasteiger partial charge in [0.2, 0.25) is 0 Å². The van der Waals surface area contributed by atoms with Crippen molar-refractivity contribution in [3.8, 4) is 11.5 Å². The molecule has 1 aromatic carbocycles. The number of rotatable bonds is 4. The summed E-state index contributed by atoms with van der Waals surface area (Å²) >= 11 is 0. The van der Waals surface area contributed by atoms with Crippen LogP contribution in [0.3, 0.4) is 0 Å². The molecule has 96 valence electrons. The Morgan fingerprint density at radius 1 is 1.29 bits per heavy atom. The van der Waals surface area contributed by atoms with E-state index in [0.29, 0.717) is 5.75 Å². The van der Waals surface area contributed by atoms with Gasteiger partial charge >= 0.3 is 0 Å². The van der Waals surface area contributed by atoms with Crippen LogP contribution in [0.4, 0.5) is 0 Å². The molecule has 0 unspecified atom stereocenters. The van der Waals surface area contributed by atoms with Gasteiger partial charge in [0.05, 0.1) is 7.11 Å². The molecule has 1 N–H and O–H groups in total. The van der Waals surface area contributed by atoms with Gasteiger partial charge in [-0.25, -0.2) is 0 Å². The van der Waals surface area contributed by atoms with Crippen molar-refractivity contribution in [1.29, 1.82) is 0 Å². The minimum Gasteiger partial charge on any atom is -0.508 e. The molecule has 0 spiro atoms. The molecule has 0 radical (unpaired) electrons. The van der Waals surface area contributed by atoms with Gasteiger partial charge in [-0.3, -0.25) is 0 Å². The van der Waals surface area contributed by atoms with Crippen molar-refractivity contribution in [1.82, 2.24) is 4.90 Å². The quantitative estimate of drug-likeness (QED) is 0.874. The van der Waals surface area contributed by atoms with E-state index in [1.165, 1.54) is 0 Å². The molecule has 0 atom stereocenters. The van der Waals surface area contributed by atoms with E-state index in [2.05, 4.69) is 32.7 Å². The predicted molar refractivity (Wildman–Crippen MR) is 70.4 cm³/mol. The summed E-state index contributed by atoms with van der Waals surface area (Å²) in [6.07, 6.45) is 0. The van der Waals surface area contributed by atoms with Crippen LogP contribution in [0.5, 0.6) is 11.5 Å². The lowest BCUT2D eigenvalue weighted by Crippen LogP contribution is -2.28. The van der Waals surface area contributed by atoms with E-state index in [-0.39, 0.29) is 5.41 Å². The van der Waals surface area contributed by atoms with Crippen LogP contribution in [-0.2, 0) is 6.54 Å². The van der Waals surface area contributed by atoms with Crippen molar-refractivity contribution in [2.45, 2.75) is 27.3 Å². The van der Waals surface area contributed by atoms with Crippen LogP contribution in [-0.4, -0.2) is 30.7 Å². The summed E-state index contributed by atoms with van der Waals surface area (Å²) in [6.45, 7) is 8.31. The van der Waals surface area contributed by atoms with Gasteiger partial charge in [-0.2, -0.15) is 0 Å². The molecule has 0 saturated carbocycles. The number of phenols is 1. The fourth-order valence-corrected chi connectivity index (χ4v) is 1.97. The van der Waals surface area contributed by atoms with E-state index in [9.17, 15) is 5.11 Å². The fourth-order valence-electron chi connectivity index (χ4n) is 1.97. The second-order valence-corrected chi connectivity index (χ2v) is 5.73. The first-order chi connectivity index (χ1) is 7.81. The van der Waals surface area contributed by atoms with Crippen LogP contribution < -0.4 is 4.74 Å². The monoisotopic (exact) mass is 237 g/mol. The number of hydrogen-bond donors (Lipinski definition) is 1. The Morgan fingerprint density at radius 2 is 1.94 bits per heavy atom. The molecule has 1 aromatic rings. The van der Waals surface area contributed by atoms with Crippen molar-refractivity contribution in [2.24, 2.45) is 5.41 Å². The van der Waals surface area contributed by atoms with Gasteiger partial charge in [-0.15, -0.1) is 0 Å². The minimum atomic E-state index is 0.253. The molecule has 17 heavy (non-hydrogen) atoms. The number of phenolic OH excluding ortho intramolecular Hbond substituents is 1. The first-order valence-electron chi connectivity index (χ1n) is 5.86. The summed E-state index contributed by atoms with van der Waals surface area (Å²) in [4.78, 5) is 2.20. The first kappa shape index (κ1) is 13.8. The normalized spacial score (nSPS) is 11.9. The van der Waals surface area contributed by atoms with Crippen LogP contribution in [0.25, 0.3) is 0 Å². The Balaban J connectivity index is 2.73. The predicted octanol–water partition coefficient (Wildman–Crippen LogP) is 2.88. The lowest BCUT2D eigenvalue weighted by molar-refractivity contribution is 0.218. The molecular weight excluding hydrogens is 214 g/mol. The van der Waals surface area contributed by atoms with Gasteiger partial charge in [0, 0.05) is 18.7 Å². The van der Waals surface area contributed by atoms with Crippen LogP contribution in [0, 0.1) is 5.41 Å². The second kappa shape index (κ2) is 5.41. The summed E-state index contributed by atoms with van der Waals surface area (Å²) < 4.78 is 5.16. The fraction of sp³-hybridized carbons (Fsp3) is 0.571. The van der Waals surface area contributed by atoms with E-state index in [0.717, 1.165) is 24.4 Å². The topological polar surface area (TPSA) is 32.7 Å². The first-order valence-corrected chi connectivity index (χ1v) is 5.86. The Kier molecular flexibility index (Phi) is 4.40. The number of ether oxygens (including phenoxy) is 1. The molecule has 0 amide bonds. The molecular formula is C14H23NO2. The van der Waals surface area contributed by atoms with Crippen LogP contribution >= 0.6 is 0 Å². The second-order valence-electron chi connectivity index (χ2n) is 5.73. The van der Waals surface area contributed by atoms with Crippen molar-refractivity contribution in [3.05, 3.63) is 23.8 Å². The maximum Gasteiger partial charge on any atom is 0.120 e. The highest BCUT2D eigenvalue weighted by Crippen LogP contribution is 2.25. The number of aromatic hydroxyl groups is 1. The van der Waals surface area contributed by atoms with Gasteiger partial charge in [-0.05, 0) is 30.7 Å². The molecule has 3 heteroatoms. The minimum absolute atomic E-state index is 0.253. The molecule has 0 bridgehead atoms. The van der Waals surface area contributed by atoms with Gasteiger partial charge in [0.25, 0.3) is 0 Å². The highest BCUT2D eigenvalue weighted by atomic mass is 16.5. The van der Waals surface area contributed by atoms with E-state index in [1.807, 2.05) is 6.07 Å². The highest BCUT2D eigenvalue weighted by molar-refractivity contribution is 5.39. The van der Waals surface area contributed by atoms with Crippen molar-refractivity contribution in [3.63, 3.8) is 0 Å². The maximum atomic E-state index is 9.80. The summed E-state index contributed by atoms with van der Waals surface area (Å²) in [7, 11) is 3.69. The van der Waals surface area contributed by atoms with Crippen molar-refractivity contribution < 1.29 is 9.84 Å². The average molecular weight is 237 g/mol. The molecule has 0 aliphatic heterocycles. The molecule has 1 rings (SSSR count). The summed E-state index contributed by atoms with van der Waals surface area (Å²) in [5.41, 5.74) is 1.15. The highest BCUT2D eigenvalue weighted by Gasteiger charge is 2.15. The van der Waals surface area contributed by atoms with Crippen molar-refractivity contribution in [2.75, 3.05) is 20.7 Å².